The summed E-state index contributed by atoms with van der Waals surface area (Å²) >= 11 is 1.63. The number of benzene rings is 2. The maximum atomic E-state index is 15.0. The van der Waals surface area contributed by atoms with Crippen LogP contribution in [0.5, 0.6) is 5.75 Å². The number of fused-ring (bicyclic) bond motifs is 1. The Kier molecular flexibility index (Phi) is 9.52. The van der Waals surface area contributed by atoms with Crippen LogP contribution >= 0.6 is 11.8 Å². The summed E-state index contributed by atoms with van der Waals surface area (Å²) in [5.74, 6) is -1.20. The molecule has 3 aliphatic heterocycles. The van der Waals surface area contributed by atoms with Crippen LogP contribution in [0.1, 0.15) is 38.3 Å². The molecule has 0 aromatic heterocycles. The van der Waals surface area contributed by atoms with E-state index in [4.69, 9.17) is 4.74 Å². The number of nitrogens with zero attached hydrogens (tertiary/aromatic N) is 3. The number of amides is 3. The van der Waals surface area contributed by atoms with E-state index < -0.39 is 28.7 Å². The van der Waals surface area contributed by atoms with Crippen molar-refractivity contribution in [1.82, 2.24) is 4.90 Å². The average molecular weight is 632 g/mol. The zero-order valence-electron chi connectivity index (χ0n) is 26.9. The molecule has 3 aliphatic rings. The molecule has 1 N–H and O–H groups in total. The van der Waals surface area contributed by atoms with Gasteiger partial charge in [0.1, 0.15) is 11.8 Å². The van der Waals surface area contributed by atoms with Gasteiger partial charge in [0.2, 0.25) is 11.8 Å². The number of ether oxygens (including phenoxy) is 1. The Morgan fingerprint density at radius 3 is 2.29 bits per heavy atom. The second-order valence-corrected chi connectivity index (χ2v) is 14.0. The Balaban J connectivity index is 1.60. The molecule has 3 amide bonds. The molecular formula is C36H45N3O5S. The molecule has 0 aliphatic carbocycles. The first-order chi connectivity index (χ1) is 21.6. The first-order valence-corrected chi connectivity index (χ1v) is 16.7. The molecule has 2 bridgehead atoms. The summed E-state index contributed by atoms with van der Waals surface area (Å²) in [6.07, 6.45) is 4.11. The fourth-order valence-electron chi connectivity index (χ4n) is 7.90. The second kappa shape index (κ2) is 13.0. The van der Waals surface area contributed by atoms with Crippen molar-refractivity contribution in [3.8, 4) is 5.75 Å². The van der Waals surface area contributed by atoms with Gasteiger partial charge >= 0.3 is 0 Å². The molecule has 2 aromatic rings. The van der Waals surface area contributed by atoms with Gasteiger partial charge in [-0.1, -0.05) is 37.3 Å². The number of thioether (sulfide) groups is 1. The predicted octanol–water partition coefficient (Wildman–Crippen LogP) is 5.16. The molecule has 3 heterocycles. The van der Waals surface area contributed by atoms with Gasteiger partial charge in [-0.05, 0) is 75.4 Å². The number of aliphatic hydroxyl groups is 1. The summed E-state index contributed by atoms with van der Waals surface area (Å²) in [6.45, 7) is 18.4. The van der Waals surface area contributed by atoms with Gasteiger partial charge in [0.05, 0.1) is 35.8 Å². The first-order valence-electron chi connectivity index (χ1n) is 15.8. The van der Waals surface area contributed by atoms with Crippen LogP contribution in [0.15, 0.2) is 67.8 Å². The van der Waals surface area contributed by atoms with Gasteiger partial charge < -0.3 is 24.5 Å². The lowest BCUT2D eigenvalue weighted by Crippen LogP contribution is -2.59. The highest BCUT2D eigenvalue weighted by Crippen LogP contribution is 2.69. The van der Waals surface area contributed by atoms with Crippen LogP contribution in [-0.2, 0) is 14.4 Å². The highest BCUT2D eigenvalue weighted by atomic mass is 32.2. The normalized spacial score (nSPS) is 27.2. The van der Waals surface area contributed by atoms with E-state index >= 15 is 0 Å². The van der Waals surface area contributed by atoms with Crippen molar-refractivity contribution in [1.29, 1.82) is 0 Å². The number of hydrogen-bond donors (Lipinski definition) is 1. The maximum Gasteiger partial charge on any atom is 0.251 e. The molecule has 9 heteroatoms. The highest BCUT2D eigenvalue weighted by Gasteiger charge is 2.77. The third kappa shape index (κ3) is 5.27. The van der Waals surface area contributed by atoms with Crippen LogP contribution in [0.2, 0.25) is 0 Å². The average Bonchev–Trinajstić information content (AvgIpc) is 3.62. The van der Waals surface area contributed by atoms with E-state index in [1.807, 2.05) is 63.2 Å². The molecular weight excluding hydrogens is 586 g/mol. The lowest BCUT2D eigenvalue weighted by atomic mass is 9.65. The van der Waals surface area contributed by atoms with Crippen molar-refractivity contribution < 1.29 is 24.2 Å². The number of aryl methyl sites for hydroxylation is 2. The third-order valence-electron chi connectivity index (χ3n) is 9.77. The Hall–Kier alpha value is -3.56. The van der Waals surface area contributed by atoms with Crippen LogP contribution in [-0.4, -0.2) is 76.1 Å². The first kappa shape index (κ1) is 32.8. The van der Waals surface area contributed by atoms with Crippen LogP contribution < -0.4 is 14.5 Å². The smallest absolute Gasteiger partial charge is 0.251 e. The van der Waals surface area contributed by atoms with Crippen LogP contribution in [0, 0.1) is 31.6 Å². The van der Waals surface area contributed by atoms with E-state index in [2.05, 4.69) is 20.1 Å². The summed E-state index contributed by atoms with van der Waals surface area (Å²) < 4.78 is 4.78. The Morgan fingerprint density at radius 2 is 1.71 bits per heavy atom. The number of rotatable bonds is 12. The predicted molar refractivity (Wildman–Crippen MR) is 181 cm³/mol. The summed E-state index contributed by atoms with van der Waals surface area (Å²) in [6, 6.07) is 11.8. The van der Waals surface area contributed by atoms with Gasteiger partial charge in [-0.3, -0.25) is 14.4 Å². The van der Waals surface area contributed by atoms with Gasteiger partial charge in [-0.2, -0.15) is 0 Å². The number of likely N-dealkylation sites (tertiary alicyclic amines) is 1. The van der Waals surface area contributed by atoms with Crippen LogP contribution in [0.3, 0.4) is 0 Å². The van der Waals surface area contributed by atoms with E-state index in [1.165, 1.54) is 0 Å². The molecule has 7 atom stereocenters. The summed E-state index contributed by atoms with van der Waals surface area (Å²) in [7, 11) is 0. The fraction of sp³-hybridized carbons (Fsp3) is 0.472. The molecule has 8 nitrogen and oxygen atoms in total. The lowest BCUT2D eigenvalue weighted by Gasteiger charge is -2.42. The fourth-order valence-corrected chi connectivity index (χ4v) is 10.3. The van der Waals surface area contributed by atoms with Crippen molar-refractivity contribution >= 4 is 40.9 Å². The second-order valence-electron chi connectivity index (χ2n) is 12.5. The van der Waals surface area contributed by atoms with Gasteiger partial charge in [-0.25, -0.2) is 0 Å². The van der Waals surface area contributed by atoms with Crippen molar-refractivity contribution in [2.45, 2.75) is 63.1 Å². The number of aliphatic hydroxyl groups excluding tert-OH is 1. The van der Waals surface area contributed by atoms with Gasteiger partial charge in [0, 0.05) is 29.7 Å². The molecule has 2 aromatic carbocycles. The largest absolute Gasteiger partial charge is 0.494 e. The molecule has 0 radical (unpaired) electrons. The minimum absolute atomic E-state index is 0.00257. The number of para-hydroxylation sites is 1. The van der Waals surface area contributed by atoms with E-state index in [-0.39, 0.29) is 48.6 Å². The third-order valence-corrected chi connectivity index (χ3v) is 11.8. The zero-order valence-corrected chi connectivity index (χ0v) is 27.8. The number of carbonyl (C=O) groups excluding carboxylic acids is 3. The quantitative estimate of drug-likeness (QED) is 0.326. The van der Waals surface area contributed by atoms with E-state index in [1.54, 1.807) is 45.5 Å². The number of carbonyl (C=O) groups is 3. The summed E-state index contributed by atoms with van der Waals surface area (Å²) in [5, 5.41) is 10.2. The molecule has 5 rings (SSSR count). The zero-order chi connectivity index (χ0) is 32.6. The molecule has 3 fully saturated rings. The maximum absolute atomic E-state index is 15.0. The van der Waals surface area contributed by atoms with Crippen molar-refractivity contribution in [2.75, 3.05) is 36.1 Å². The lowest BCUT2D eigenvalue weighted by molar-refractivity contribution is -0.141. The molecule has 45 heavy (non-hydrogen) atoms. The number of anilines is 2. The van der Waals surface area contributed by atoms with E-state index in [9.17, 15) is 19.5 Å². The molecule has 0 saturated carbocycles. The summed E-state index contributed by atoms with van der Waals surface area (Å²) in [5.41, 5.74) is 3.40. The minimum atomic E-state index is -0.850. The Morgan fingerprint density at radius 1 is 1.09 bits per heavy atom. The topological polar surface area (TPSA) is 90.4 Å². The molecule has 3 saturated heterocycles. The monoisotopic (exact) mass is 631 g/mol. The van der Waals surface area contributed by atoms with Crippen LogP contribution in [0.25, 0.3) is 0 Å². The van der Waals surface area contributed by atoms with Gasteiger partial charge in [-0.15, -0.1) is 24.9 Å². The van der Waals surface area contributed by atoms with Gasteiger partial charge in [0.15, 0.2) is 0 Å². The number of hydrogen-bond acceptors (Lipinski definition) is 6. The molecule has 240 valence electrons. The SMILES string of the molecule is C=CCN(C(=O)[C@@H]1[C@H]2C(=O)N([C@H](C)CO)C(C(=O)N(CC=C)c3c(C)cccc3C)C23S[C@@H]1CC3C)c1ccc(OCC)cc1. The van der Waals surface area contributed by atoms with Crippen molar-refractivity contribution in [3.63, 3.8) is 0 Å². The standard InChI is InChI=1S/C36H45N3O5S/c1-8-18-37(26-14-16-27(17-15-26)44-10-3)33(41)29-28-20-24(6)36(45-28)30(29)34(42)39(25(7)21-40)32(36)35(43)38(19-9-2)31-22(4)12-11-13-23(31)5/h8-9,11-17,24-25,28-30,32,40H,1-2,10,18-21H2,3-7H3/t24?,25-,28-,29+,30+,32?,36?/m1/s1. The van der Waals surface area contributed by atoms with Crippen LogP contribution in [0.4, 0.5) is 11.4 Å². The van der Waals surface area contributed by atoms with E-state index in [0.29, 0.717) is 24.5 Å². The Bertz CT molecular complexity index is 1460. The van der Waals surface area contributed by atoms with Crippen molar-refractivity contribution in [2.24, 2.45) is 17.8 Å². The highest BCUT2D eigenvalue weighted by molar-refractivity contribution is 8.02. The van der Waals surface area contributed by atoms with Gasteiger partial charge in [0.25, 0.3) is 5.91 Å². The van der Waals surface area contributed by atoms with E-state index in [0.717, 1.165) is 16.8 Å². The minimum Gasteiger partial charge on any atom is -0.494 e. The molecule has 1 spiro atoms. The Labute approximate surface area is 271 Å². The molecule has 3 unspecified atom stereocenters. The van der Waals surface area contributed by atoms with Crippen molar-refractivity contribution in [3.05, 3.63) is 78.9 Å². The summed E-state index contributed by atoms with van der Waals surface area (Å²) in [4.78, 5) is 49.2.